The van der Waals surface area contributed by atoms with Gasteiger partial charge in [0.1, 0.15) is 11.6 Å². The number of anilines is 2. The highest BCUT2D eigenvalue weighted by atomic mass is 32.2. The Kier molecular flexibility index (Phi) is 7.01. The molecule has 2 aromatic carbocycles. The molecule has 7 heteroatoms. The molecule has 0 spiro atoms. The second-order valence-electron chi connectivity index (χ2n) is 4.90. The van der Waals surface area contributed by atoms with Crippen molar-refractivity contribution < 1.29 is 12.4 Å². The molecule has 0 aliphatic heterocycles. The third-order valence-corrected chi connectivity index (χ3v) is 4.73. The molecular weight excluding hydrogens is 338 g/mol. The highest BCUT2D eigenvalue weighted by molar-refractivity contribution is 8.07. The zero-order valence-corrected chi connectivity index (χ0v) is 14.1. The maximum atomic E-state index is 13.1. The fraction of sp³-hybridized carbons (Fsp3) is 0.250. The van der Waals surface area contributed by atoms with Gasteiger partial charge in [-0.1, -0.05) is 0 Å². The van der Waals surface area contributed by atoms with Crippen LogP contribution < -0.4 is 11.5 Å². The topological polar surface area (TPSA) is 61.3 Å². The van der Waals surface area contributed by atoms with Gasteiger partial charge in [-0.2, -0.15) is 0 Å². The normalized spacial score (nSPS) is 10.9. The molecule has 2 rings (SSSR count). The first-order valence-corrected chi connectivity index (χ1v) is 8.87. The molecule has 0 bridgehead atoms. The van der Waals surface area contributed by atoms with Crippen LogP contribution in [0, 0.1) is 11.6 Å². The zero-order valence-electron chi connectivity index (χ0n) is 12.4. The van der Waals surface area contributed by atoms with Crippen LogP contribution in [-0.4, -0.2) is 11.5 Å². The molecule has 0 atom stereocenters. The van der Waals surface area contributed by atoms with Crippen LogP contribution in [0.3, 0.4) is 0 Å². The van der Waals surface area contributed by atoms with E-state index in [4.69, 9.17) is 15.1 Å². The SMILES string of the molecule is Nc1ccc(F)cc1CCSOSCCc1cc(F)ccc1N. The molecule has 0 fully saturated rings. The number of rotatable bonds is 8. The Morgan fingerprint density at radius 1 is 0.783 bits per heavy atom. The lowest BCUT2D eigenvalue weighted by Crippen LogP contribution is -1.98. The third-order valence-electron chi connectivity index (χ3n) is 3.22. The monoisotopic (exact) mass is 356 g/mol. The van der Waals surface area contributed by atoms with Gasteiger partial charge < -0.3 is 11.5 Å². The first-order valence-electron chi connectivity index (χ1n) is 7.05. The molecule has 0 aromatic heterocycles. The van der Waals surface area contributed by atoms with Crippen LogP contribution in [-0.2, 0) is 16.5 Å². The summed E-state index contributed by atoms with van der Waals surface area (Å²) in [6.07, 6.45) is 1.26. The van der Waals surface area contributed by atoms with Gasteiger partial charge in [-0.3, -0.25) is 0 Å². The predicted molar refractivity (Wildman–Crippen MR) is 95.0 cm³/mol. The summed E-state index contributed by atoms with van der Waals surface area (Å²) in [6.45, 7) is 0. The summed E-state index contributed by atoms with van der Waals surface area (Å²) >= 11 is 2.57. The molecule has 124 valence electrons. The second-order valence-corrected chi connectivity index (χ2v) is 6.73. The van der Waals surface area contributed by atoms with Gasteiger partial charge >= 0.3 is 0 Å². The van der Waals surface area contributed by atoms with E-state index in [-0.39, 0.29) is 11.6 Å². The number of hydrogen-bond acceptors (Lipinski definition) is 5. The van der Waals surface area contributed by atoms with Crippen LogP contribution >= 0.6 is 24.1 Å². The van der Waals surface area contributed by atoms with E-state index in [2.05, 4.69) is 0 Å². The number of hydrogen-bond donors (Lipinski definition) is 2. The molecular formula is C16H18F2N2OS2. The Morgan fingerprint density at radius 3 is 1.65 bits per heavy atom. The minimum absolute atomic E-state index is 0.290. The van der Waals surface area contributed by atoms with E-state index in [9.17, 15) is 8.78 Å². The van der Waals surface area contributed by atoms with Gasteiger partial charge in [0.25, 0.3) is 0 Å². The molecule has 0 saturated heterocycles. The summed E-state index contributed by atoms with van der Waals surface area (Å²) in [5.41, 5.74) is 14.3. The number of benzene rings is 2. The second kappa shape index (κ2) is 9.00. The summed E-state index contributed by atoms with van der Waals surface area (Å²) in [4.78, 5) is 0. The quantitative estimate of drug-likeness (QED) is 0.421. The fourth-order valence-electron chi connectivity index (χ4n) is 1.99. The van der Waals surface area contributed by atoms with Crippen molar-refractivity contribution in [1.82, 2.24) is 0 Å². The molecule has 0 amide bonds. The molecule has 0 radical (unpaired) electrons. The van der Waals surface area contributed by atoms with Crippen LogP contribution in [0.4, 0.5) is 20.2 Å². The summed E-state index contributed by atoms with van der Waals surface area (Å²) < 4.78 is 31.6. The fourth-order valence-corrected chi connectivity index (χ4v) is 3.41. The maximum Gasteiger partial charge on any atom is 0.123 e. The maximum absolute atomic E-state index is 13.1. The first-order chi connectivity index (χ1) is 11.1. The summed E-state index contributed by atoms with van der Waals surface area (Å²) in [5.74, 6) is 0.759. The molecule has 0 unspecified atom stereocenters. The lowest BCUT2D eigenvalue weighted by Gasteiger charge is -2.06. The Balaban J connectivity index is 1.63. The van der Waals surface area contributed by atoms with Gasteiger partial charge in [0.2, 0.25) is 0 Å². The third kappa shape index (κ3) is 5.93. The predicted octanol–water partition coefficient (Wildman–Crippen LogP) is 4.23. The van der Waals surface area contributed by atoms with Crippen LogP contribution in [0.25, 0.3) is 0 Å². The van der Waals surface area contributed by atoms with Gasteiger partial charge in [0, 0.05) is 47.0 Å². The average molecular weight is 356 g/mol. The minimum Gasteiger partial charge on any atom is -0.399 e. The zero-order chi connectivity index (χ0) is 16.7. The van der Waals surface area contributed by atoms with Gasteiger partial charge in [-0.15, -0.1) is 0 Å². The van der Waals surface area contributed by atoms with E-state index in [0.29, 0.717) is 35.7 Å². The van der Waals surface area contributed by atoms with Crippen LogP contribution in [0.1, 0.15) is 11.1 Å². The van der Waals surface area contributed by atoms with Crippen molar-refractivity contribution in [3.05, 3.63) is 59.2 Å². The number of nitrogen functional groups attached to an aromatic ring is 2. The van der Waals surface area contributed by atoms with Crippen molar-refractivity contribution in [2.24, 2.45) is 0 Å². The molecule has 0 aliphatic rings. The van der Waals surface area contributed by atoms with Crippen molar-refractivity contribution in [3.8, 4) is 0 Å². The van der Waals surface area contributed by atoms with Crippen molar-refractivity contribution in [1.29, 1.82) is 0 Å². The van der Waals surface area contributed by atoms with Gasteiger partial charge in [-0.05, 0) is 60.4 Å². The number of nitrogens with two attached hydrogens (primary N) is 2. The molecule has 2 aromatic rings. The number of aryl methyl sites for hydroxylation is 2. The molecule has 0 heterocycles. The van der Waals surface area contributed by atoms with E-state index in [0.717, 1.165) is 11.1 Å². The number of halogens is 2. The summed E-state index contributed by atoms with van der Waals surface area (Å²) in [7, 11) is 0. The highest BCUT2D eigenvalue weighted by Gasteiger charge is 2.04. The minimum atomic E-state index is -0.290. The van der Waals surface area contributed by atoms with E-state index < -0.39 is 0 Å². The van der Waals surface area contributed by atoms with Gasteiger partial charge in [-0.25, -0.2) is 12.4 Å². The molecule has 3 nitrogen and oxygen atoms in total. The molecule has 4 N–H and O–H groups in total. The highest BCUT2D eigenvalue weighted by Crippen LogP contribution is 2.21. The van der Waals surface area contributed by atoms with Crippen LogP contribution in [0.5, 0.6) is 0 Å². The van der Waals surface area contributed by atoms with E-state index >= 15 is 0 Å². The van der Waals surface area contributed by atoms with E-state index in [1.54, 1.807) is 12.1 Å². The van der Waals surface area contributed by atoms with Crippen LogP contribution in [0.15, 0.2) is 36.4 Å². The largest absolute Gasteiger partial charge is 0.399 e. The molecule has 23 heavy (non-hydrogen) atoms. The lowest BCUT2D eigenvalue weighted by molar-refractivity contribution is 0.625. The lowest BCUT2D eigenvalue weighted by atomic mass is 10.1. The van der Waals surface area contributed by atoms with Crippen molar-refractivity contribution in [2.75, 3.05) is 23.0 Å². The molecule has 0 saturated carbocycles. The Morgan fingerprint density at radius 2 is 1.22 bits per heavy atom. The summed E-state index contributed by atoms with van der Waals surface area (Å²) in [6, 6.07) is 8.70. The van der Waals surface area contributed by atoms with Crippen molar-refractivity contribution in [3.63, 3.8) is 0 Å². The first kappa shape index (κ1) is 17.9. The van der Waals surface area contributed by atoms with E-state index in [1.807, 2.05) is 0 Å². The Hall–Kier alpha value is -1.44. The van der Waals surface area contributed by atoms with E-state index in [1.165, 1.54) is 48.4 Å². The Labute approximate surface area is 143 Å². The van der Waals surface area contributed by atoms with Crippen LogP contribution in [0.2, 0.25) is 0 Å². The van der Waals surface area contributed by atoms with Gasteiger partial charge in [0.05, 0.1) is 0 Å². The van der Waals surface area contributed by atoms with Crippen molar-refractivity contribution in [2.45, 2.75) is 12.8 Å². The van der Waals surface area contributed by atoms with Gasteiger partial charge in [0.15, 0.2) is 0 Å². The average Bonchev–Trinajstić information content (AvgIpc) is 2.52. The smallest absolute Gasteiger partial charge is 0.123 e. The summed E-state index contributed by atoms with van der Waals surface area (Å²) in [5, 5.41) is 0. The standard InChI is InChI=1S/C16H18F2N2OS2/c17-13-1-3-15(19)11(9-13)5-7-22-21-23-8-6-12-10-14(18)2-4-16(12)20/h1-4,9-10H,5-8,19-20H2. The van der Waals surface area contributed by atoms with Crippen molar-refractivity contribution >= 4 is 35.5 Å². The Bertz CT molecular complexity index is 600. The molecule has 0 aliphatic carbocycles.